The number of anilines is 1. The van der Waals surface area contributed by atoms with Gasteiger partial charge in [-0.25, -0.2) is 4.98 Å². The van der Waals surface area contributed by atoms with Crippen LogP contribution in [0.15, 0.2) is 60.1 Å². The van der Waals surface area contributed by atoms with E-state index >= 15 is 0 Å². The number of aromatic nitrogens is 1. The Labute approximate surface area is 140 Å². The molecule has 0 bridgehead atoms. The number of hydrogen-bond donors (Lipinski definition) is 1. The average molecular weight is 319 g/mol. The van der Waals surface area contributed by atoms with Crippen molar-refractivity contribution in [3.05, 3.63) is 81.7 Å². The van der Waals surface area contributed by atoms with Crippen molar-refractivity contribution in [1.82, 2.24) is 4.98 Å². The van der Waals surface area contributed by atoms with E-state index in [9.17, 15) is 0 Å². The van der Waals surface area contributed by atoms with Crippen LogP contribution in [0.5, 0.6) is 0 Å². The van der Waals surface area contributed by atoms with Crippen LogP contribution in [0.2, 0.25) is 0 Å². The summed E-state index contributed by atoms with van der Waals surface area (Å²) in [4.78, 5) is 5.57. The summed E-state index contributed by atoms with van der Waals surface area (Å²) in [5, 5.41) is 14.4. The van der Waals surface area contributed by atoms with Crippen LogP contribution in [0.3, 0.4) is 0 Å². The zero-order chi connectivity index (χ0) is 16.1. The molecule has 0 saturated heterocycles. The first kappa shape index (κ1) is 15.3. The van der Waals surface area contributed by atoms with Crippen LogP contribution < -0.4 is 5.32 Å². The molecule has 1 N–H and O–H groups in total. The van der Waals surface area contributed by atoms with Crippen molar-refractivity contribution in [1.29, 1.82) is 5.26 Å². The van der Waals surface area contributed by atoms with Gasteiger partial charge in [0.1, 0.15) is 11.9 Å². The Balaban J connectivity index is 1.90. The highest BCUT2D eigenvalue weighted by atomic mass is 32.1. The molecule has 0 fully saturated rings. The minimum atomic E-state index is 0.0568. The van der Waals surface area contributed by atoms with Crippen molar-refractivity contribution in [2.24, 2.45) is 0 Å². The summed E-state index contributed by atoms with van der Waals surface area (Å²) in [5.74, 6) is 0.766. The van der Waals surface area contributed by atoms with Gasteiger partial charge in [-0.1, -0.05) is 37.3 Å². The molecule has 3 aromatic rings. The highest BCUT2D eigenvalue weighted by molar-refractivity contribution is 7.10. The van der Waals surface area contributed by atoms with Gasteiger partial charge in [-0.15, -0.1) is 11.3 Å². The molecular formula is C19H17N3S. The molecule has 1 atom stereocenters. The number of nitrogens with one attached hydrogen (secondary N) is 1. The molecule has 3 rings (SSSR count). The Kier molecular flexibility index (Phi) is 4.70. The topological polar surface area (TPSA) is 48.7 Å². The van der Waals surface area contributed by atoms with E-state index in [0.717, 1.165) is 12.2 Å². The lowest BCUT2D eigenvalue weighted by Gasteiger charge is -2.19. The summed E-state index contributed by atoms with van der Waals surface area (Å²) in [5.41, 5.74) is 3.10. The molecule has 2 aromatic heterocycles. The maximum absolute atomic E-state index is 8.88. The third-order valence-corrected chi connectivity index (χ3v) is 4.67. The standard InChI is InChI=1S/C19H17N3S/c1-2-14-5-8-16(9-6-14)19(17-4-3-11-23-17)22-18-10-7-15(12-20)13-21-18/h3-11,13,19H,2H2,1H3,(H,21,22). The molecule has 0 radical (unpaired) electrons. The summed E-state index contributed by atoms with van der Waals surface area (Å²) in [6, 6.07) is 18.6. The number of pyridine rings is 1. The summed E-state index contributed by atoms with van der Waals surface area (Å²) >= 11 is 1.72. The third kappa shape index (κ3) is 3.58. The molecule has 2 heterocycles. The fraction of sp³-hybridized carbons (Fsp3) is 0.158. The number of hydrogen-bond acceptors (Lipinski definition) is 4. The van der Waals surface area contributed by atoms with Gasteiger partial charge in [-0.05, 0) is 41.1 Å². The van der Waals surface area contributed by atoms with E-state index in [-0.39, 0.29) is 6.04 Å². The Morgan fingerprint density at radius 1 is 1.17 bits per heavy atom. The molecule has 1 aromatic carbocycles. The zero-order valence-corrected chi connectivity index (χ0v) is 13.7. The Morgan fingerprint density at radius 3 is 2.57 bits per heavy atom. The van der Waals surface area contributed by atoms with Gasteiger partial charge in [0.25, 0.3) is 0 Å². The zero-order valence-electron chi connectivity index (χ0n) is 12.9. The molecule has 0 amide bonds. The minimum Gasteiger partial charge on any atom is -0.358 e. The van der Waals surface area contributed by atoms with E-state index < -0.39 is 0 Å². The predicted octanol–water partition coefficient (Wildman–Crippen LogP) is 4.78. The van der Waals surface area contributed by atoms with Gasteiger partial charge in [0.2, 0.25) is 0 Å². The smallest absolute Gasteiger partial charge is 0.126 e. The largest absolute Gasteiger partial charge is 0.358 e. The van der Waals surface area contributed by atoms with Crippen molar-refractivity contribution in [3.63, 3.8) is 0 Å². The van der Waals surface area contributed by atoms with Crippen molar-refractivity contribution >= 4 is 17.2 Å². The highest BCUT2D eigenvalue weighted by Gasteiger charge is 2.15. The fourth-order valence-electron chi connectivity index (χ4n) is 2.41. The molecule has 3 nitrogen and oxygen atoms in total. The second kappa shape index (κ2) is 7.08. The van der Waals surface area contributed by atoms with Crippen molar-refractivity contribution in [2.75, 3.05) is 5.32 Å². The number of rotatable bonds is 5. The van der Waals surface area contributed by atoms with Crippen molar-refractivity contribution in [2.45, 2.75) is 19.4 Å². The Bertz CT molecular complexity index is 784. The van der Waals surface area contributed by atoms with Gasteiger partial charge in [0, 0.05) is 11.1 Å². The van der Waals surface area contributed by atoms with Gasteiger partial charge in [0.15, 0.2) is 0 Å². The van der Waals surface area contributed by atoms with Gasteiger partial charge < -0.3 is 5.32 Å². The molecule has 0 aliphatic rings. The number of benzene rings is 1. The van der Waals surface area contributed by atoms with E-state index in [2.05, 4.69) is 65.1 Å². The van der Waals surface area contributed by atoms with Gasteiger partial charge >= 0.3 is 0 Å². The second-order valence-corrected chi connectivity index (χ2v) is 6.21. The number of nitriles is 1. The van der Waals surface area contributed by atoms with E-state index in [4.69, 9.17) is 5.26 Å². The number of nitrogens with zero attached hydrogens (tertiary/aromatic N) is 2. The Hall–Kier alpha value is -2.64. The monoisotopic (exact) mass is 319 g/mol. The first-order chi connectivity index (χ1) is 11.3. The molecule has 114 valence electrons. The molecular weight excluding hydrogens is 302 g/mol. The maximum Gasteiger partial charge on any atom is 0.126 e. The van der Waals surface area contributed by atoms with Crippen LogP contribution in [0.25, 0.3) is 0 Å². The fourth-order valence-corrected chi connectivity index (χ4v) is 3.22. The van der Waals surface area contributed by atoms with E-state index in [0.29, 0.717) is 5.56 Å². The first-order valence-electron chi connectivity index (χ1n) is 7.55. The SMILES string of the molecule is CCc1ccc(C(Nc2ccc(C#N)cn2)c2cccs2)cc1. The second-order valence-electron chi connectivity index (χ2n) is 5.23. The molecule has 0 aliphatic carbocycles. The van der Waals surface area contributed by atoms with E-state index in [1.165, 1.54) is 16.0 Å². The summed E-state index contributed by atoms with van der Waals surface area (Å²) < 4.78 is 0. The lowest BCUT2D eigenvalue weighted by Crippen LogP contribution is -2.12. The van der Waals surface area contributed by atoms with Crippen LogP contribution in [0.4, 0.5) is 5.82 Å². The predicted molar refractivity (Wildman–Crippen MR) is 94.6 cm³/mol. The summed E-state index contributed by atoms with van der Waals surface area (Å²) in [7, 11) is 0. The van der Waals surface area contributed by atoms with Gasteiger partial charge in [-0.2, -0.15) is 5.26 Å². The number of aryl methyl sites for hydroxylation is 1. The maximum atomic E-state index is 8.88. The van der Waals surface area contributed by atoms with Crippen molar-refractivity contribution in [3.8, 4) is 6.07 Å². The highest BCUT2D eigenvalue weighted by Crippen LogP contribution is 2.29. The molecule has 4 heteroatoms. The van der Waals surface area contributed by atoms with Crippen LogP contribution >= 0.6 is 11.3 Å². The van der Waals surface area contributed by atoms with Crippen LogP contribution in [0.1, 0.15) is 34.5 Å². The number of thiophene rings is 1. The lowest BCUT2D eigenvalue weighted by molar-refractivity contribution is 0.946. The molecule has 1 unspecified atom stereocenters. The average Bonchev–Trinajstić information content (AvgIpc) is 3.15. The minimum absolute atomic E-state index is 0.0568. The summed E-state index contributed by atoms with van der Waals surface area (Å²) in [6.07, 6.45) is 2.63. The lowest BCUT2D eigenvalue weighted by atomic mass is 10.0. The van der Waals surface area contributed by atoms with Gasteiger partial charge in [0.05, 0.1) is 11.6 Å². The van der Waals surface area contributed by atoms with E-state index in [1.54, 1.807) is 23.6 Å². The molecule has 0 saturated carbocycles. The van der Waals surface area contributed by atoms with Crippen LogP contribution in [-0.2, 0) is 6.42 Å². The third-order valence-electron chi connectivity index (χ3n) is 3.73. The van der Waals surface area contributed by atoms with Crippen LogP contribution in [0, 0.1) is 11.3 Å². The quantitative estimate of drug-likeness (QED) is 0.736. The molecule has 0 spiro atoms. The van der Waals surface area contributed by atoms with Crippen LogP contribution in [-0.4, -0.2) is 4.98 Å². The summed E-state index contributed by atoms with van der Waals surface area (Å²) in [6.45, 7) is 2.16. The van der Waals surface area contributed by atoms with E-state index in [1.807, 2.05) is 6.07 Å². The first-order valence-corrected chi connectivity index (χ1v) is 8.43. The normalized spacial score (nSPS) is 11.7. The van der Waals surface area contributed by atoms with Crippen molar-refractivity contribution < 1.29 is 0 Å². The van der Waals surface area contributed by atoms with Gasteiger partial charge in [-0.3, -0.25) is 0 Å². The Morgan fingerprint density at radius 2 is 2.00 bits per heavy atom. The molecule has 23 heavy (non-hydrogen) atoms. The molecule has 0 aliphatic heterocycles.